The molecule has 0 fully saturated rings. The maximum atomic E-state index is 12.1. The van der Waals surface area contributed by atoms with Crippen molar-refractivity contribution in [2.24, 2.45) is 0 Å². The SMILES string of the molecule is CCOC(=O)Nc1ccc2c(CSc3nnc(-c4ccccc4OCC)o3)cc(=O)oc2c1. The smallest absolute Gasteiger partial charge is 0.411 e. The summed E-state index contributed by atoms with van der Waals surface area (Å²) in [6, 6.07) is 13.9. The third kappa shape index (κ3) is 5.35. The first-order valence-electron chi connectivity index (χ1n) is 10.3. The number of ether oxygens (including phenoxy) is 2. The summed E-state index contributed by atoms with van der Waals surface area (Å²) in [5, 5.41) is 11.9. The second-order valence-electron chi connectivity index (χ2n) is 6.74. The summed E-state index contributed by atoms with van der Waals surface area (Å²) in [4.78, 5) is 23.7. The van der Waals surface area contributed by atoms with Crippen molar-refractivity contribution < 1.29 is 23.1 Å². The number of hydrogen-bond donors (Lipinski definition) is 1. The van der Waals surface area contributed by atoms with E-state index >= 15 is 0 Å². The number of aromatic nitrogens is 2. The van der Waals surface area contributed by atoms with Gasteiger partial charge < -0.3 is 18.3 Å². The standard InChI is InChI=1S/C23H21N3O6S/c1-3-29-18-8-6-5-7-17(18)21-25-26-23(32-21)33-13-14-11-20(27)31-19-12-15(9-10-16(14)19)24-22(28)30-4-2/h5-12H,3-4,13H2,1-2H3,(H,24,28). The van der Waals surface area contributed by atoms with Crippen LogP contribution >= 0.6 is 11.8 Å². The second-order valence-corrected chi connectivity index (χ2v) is 7.66. The molecule has 0 unspecified atom stereocenters. The highest BCUT2D eigenvalue weighted by molar-refractivity contribution is 7.98. The number of nitrogens with one attached hydrogen (secondary N) is 1. The number of rotatable bonds is 8. The molecular weight excluding hydrogens is 446 g/mol. The van der Waals surface area contributed by atoms with E-state index in [1.54, 1.807) is 25.1 Å². The number of anilines is 1. The molecule has 0 aliphatic carbocycles. The Bertz CT molecular complexity index is 1330. The molecule has 0 saturated carbocycles. The van der Waals surface area contributed by atoms with Crippen LogP contribution in [-0.2, 0) is 10.5 Å². The number of amides is 1. The van der Waals surface area contributed by atoms with Crippen molar-refractivity contribution >= 4 is 34.5 Å². The van der Waals surface area contributed by atoms with Crippen molar-refractivity contribution in [1.29, 1.82) is 0 Å². The van der Waals surface area contributed by atoms with Crippen LogP contribution in [0.3, 0.4) is 0 Å². The Morgan fingerprint density at radius 3 is 2.73 bits per heavy atom. The Hall–Kier alpha value is -3.79. The van der Waals surface area contributed by atoms with Crippen molar-refractivity contribution in [2.75, 3.05) is 18.5 Å². The van der Waals surface area contributed by atoms with E-state index in [0.717, 1.165) is 10.9 Å². The van der Waals surface area contributed by atoms with Gasteiger partial charge in [-0.15, -0.1) is 10.2 Å². The molecule has 4 rings (SSSR count). The summed E-state index contributed by atoms with van der Waals surface area (Å²) >= 11 is 1.30. The van der Waals surface area contributed by atoms with Gasteiger partial charge in [0.25, 0.3) is 11.1 Å². The predicted molar refractivity (Wildman–Crippen MR) is 124 cm³/mol. The van der Waals surface area contributed by atoms with Crippen LogP contribution in [0, 0.1) is 0 Å². The molecule has 0 aliphatic heterocycles. The van der Waals surface area contributed by atoms with Gasteiger partial charge in [-0.2, -0.15) is 0 Å². The Morgan fingerprint density at radius 1 is 1.06 bits per heavy atom. The molecule has 2 heterocycles. The number of fused-ring (bicyclic) bond motifs is 1. The molecule has 1 amide bonds. The molecule has 0 saturated heterocycles. The topological polar surface area (TPSA) is 117 Å². The molecule has 0 bridgehead atoms. The Morgan fingerprint density at radius 2 is 1.91 bits per heavy atom. The summed E-state index contributed by atoms with van der Waals surface area (Å²) in [5.41, 5.74) is 1.77. The summed E-state index contributed by atoms with van der Waals surface area (Å²) in [5.74, 6) is 1.43. The summed E-state index contributed by atoms with van der Waals surface area (Å²) < 4.78 is 21.6. The lowest BCUT2D eigenvalue weighted by atomic mass is 10.1. The molecule has 33 heavy (non-hydrogen) atoms. The van der Waals surface area contributed by atoms with Crippen molar-refractivity contribution in [3.63, 3.8) is 0 Å². The van der Waals surface area contributed by atoms with Gasteiger partial charge in [0.15, 0.2) is 0 Å². The lowest BCUT2D eigenvalue weighted by Gasteiger charge is -2.08. The second kappa shape index (κ2) is 10.2. The van der Waals surface area contributed by atoms with Gasteiger partial charge >= 0.3 is 11.7 Å². The van der Waals surface area contributed by atoms with E-state index in [0.29, 0.717) is 46.1 Å². The summed E-state index contributed by atoms with van der Waals surface area (Å²) in [6.45, 7) is 4.40. The van der Waals surface area contributed by atoms with E-state index in [1.165, 1.54) is 17.8 Å². The number of thioether (sulfide) groups is 1. The summed E-state index contributed by atoms with van der Waals surface area (Å²) in [7, 11) is 0. The molecule has 4 aromatic rings. The zero-order chi connectivity index (χ0) is 23.2. The van der Waals surface area contributed by atoms with Gasteiger partial charge in [0, 0.05) is 29.0 Å². The fourth-order valence-electron chi connectivity index (χ4n) is 3.15. The highest BCUT2D eigenvalue weighted by Crippen LogP contribution is 2.32. The van der Waals surface area contributed by atoms with Gasteiger partial charge in [0.05, 0.1) is 18.8 Å². The van der Waals surface area contributed by atoms with Crippen LogP contribution in [0.2, 0.25) is 0 Å². The van der Waals surface area contributed by atoms with Crippen LogP contribution in [-0.4, -0.2) is 29.5 Å². The maximum absolute atomic E-state index is 12.1. The van der Waals surface area contributed by atoms with E-state index in [2.05, 4.69) is 15.5 Å². The molecule has 0 spiro atoms. The molecule has 170 valence electrons. The number of nitrogens with zero attached hydrogens (tertiary/aromatic N) is 2. The van der Waals surface area contributed by atoms with E-state index in [1.807, 2.05) is 31.2 Å². The number of carbonyl (C=O) groups is 1. The fraction of sp³-hybridized carbons (Fsp3) is 0.217. The van der Waals surface area contributed by atoms with Crippen LogP contribution in [0.5, 0.6) is 5.75 Å². The van der Waals surface area contributed by atoms with Crippen LogP contribution in [0.4, 0.5) is 10.5 Å². The maximum Gasteiger partial charge on any atom is 0.411 e. The number of hydrogen-bond acceptors (Lipinski definition) is 9. The van der Waals surface area contributed by atoms with E-state index < -0.39 is 11.7 Å². The van der Waals surface area contributed by atoms with Crippen molar-refractivity contribution in [3.8, 4) is 17.2 Å². The first kappa shape index (κ1) is 22.4. The zero-order valence-electron chi connectivity index (χ0n) is 18.0. The number of para-hydroxylation sites is 1. The number of benzene rings is 2. The first-order chi connectivity index (χ1) is 16.1. The van der Waals surface area contributed by atoms with Gasteiger partial charge in [-0.3, -0.25) is 5.32 Å². The molecule has 0 aliphatic rings. The molecule has 1 N–H and O–H groups in total. The molecule has 9 nitrogen and oxygen atoms in total. The van der Waals surface area contributed by atoms with Crippen molar-refractivity contribution in [3.05, 3.63) is 64.5 Å². The fourth-order valence-corrected chi connectivity index (χ4v) is 3.91. The van der Waals surface area contributed by atoms with Crippen LogP contribution in [0.25, 0.3) is 22.4 Å². The van der Waals surface area contributed by atoms with Gasteiger partial charge in [-0.25, -0.2) is 9.59 Å². The lowest BCUT2D eigenvalue weighted by molar-refractivity contribution is 0.168. The average molecular weight is 468 g/mol. The molecule has 2 aromatic heterocycles. The molecule has 0 radical (unpaired) electrons. The average Bonchev–Trinajstić information content (AvgIpc) is 3.27. The Kier molecular flexibility index (Phi) is 6.94. The lowest BCUT2D eigenvalue weighted by Crippen LogP contribution is -2.13. The minimum absolute atomic E-state index is 0.254. The van der Waals surface area contributed by atoms with E-state index in [9.17, 15) is 9.59 Å². The quantitative estimate of drug-likeness (QED) is 0.279. The summed E-state index contributed by atoms with van der Waals surface area (Å²) in [6.07, 6.45) is -0.580. The third-order valence-electron chi connectivity index (χ3n) is 4.53. The van der Waals surface area contributed by atoms with Gasteiger partial charge in [0.2, 0.25) is 0 Å². The minimum Gasteiger partial charge on any atom is -0.493 e. The minimum atomic E-state index is -0.580. The van der Waals surface area contributed by atoms with Gasteiger partial charge in [-0.05, 0) is 43.7 Å². The van der Waals surface area contributed by atoms with E-state index in [4.69, 9.17) is 18.3 Å². The molecular formula is C23H21N3O6S. The van der Waals surface area contributed by atoms with Crippen LogP contribution in [0.1, 0.15) is 19.4 Å². The first-order valence-corrected chi connectivity index (χ1v) is 11.2. The van der Waals surface area contributed by atoms with Crippen LogP contribution < -0.4 is 15.7 Å². The molecule has 0 atom stereocenters. The highest BCUT2D eigenvalue weighted by Gasteiger charge is 2.15. The largest absolute Gasteiger partial charge is 0.493 e. The van der Waals surface area contributed by atoms with Crippen molar-refractivity contribution in [2.45, 2.75) is 24.8 Å². The van der Waals surface area contributed by atoms with E-state index in [-0.39, 0.29) is 6.61 Å². The predicted octanol–water partition coefficient (Wildman–Crippen LogP) is 5.10. The Balaban J connectivity index is 1.53. The highest BCUT2D eigenvalue weighted by atomic mass is 32.2. The normalized spacial score (nSPS) is 10.8. The molecule has 10 heteroatoms. The Labute approximate surface area is 193 Å². The van der Waals surface area contributed by atoms with Gasteiger partial charge in [-0.1, -0.05) is 23.9 Å². The molecule has 2 aromatic carbocycles. The monoisotopic (exact) mass is 467 g/mol. The third-order valence-corrected chi connectivity index (χ3v) is 5.39. The van der Waals surface area contributed by atoms with Crippen LogP contribution in [0.15, 0.2) is 67.4 Å². The zero-order valence-corrected chi connectivity index (χ0v) is 18.8. The van der Waals surface area contributed by atoms with Gasteiger partial charge in [0.1, 0.15) is 11.3 Å². The van der Waals surface area contributed by atoms with Crippen molar-refractivity contribution in [1.82, 2.24) is 10.2 Å². The number of carbonyl (C=O) groups excluding carboxylic acids is 1.